The van der Waals surface area contributed by atoms with Gasteiger partial charge in [-0.05, 0) is 18.6 Å². The van der Waals surface area contributed by atoms with Gasteiger partial charge in [-0.15, -0.1) is 0 Å². The predicted molar refractivity (Wildman–Crippen MR) is 71.0 cm³/mol. The van der Waals surface area contributed by atoms with Crippen molar-refractivity contribution in [1.29, 1.82) is 0 Å². The predicted octanol–water partition coefficient (Wildman–Crippen LogP) is 2.57. The highest BCUT2D eigenvalue weighted by atomic mass is 31.1. The van der Waals surface area contributed by atoms with Crippen molar-refractivity contribution in [3.8, 4) is 0 Å². The van der Waals surface area contributed by atoms with Crippen LogP contribution in [0.15, 0.2) is 60.0 Å². The van der Waals surface area contributed by atoms with E-state index in [0.717, 1.165) is 0 Å². The van der Waals surface area contributed by atoms with Gasteiger partial charge in [-0.3, -0.25) is 4.57 Å². The molecule has 2 N–H and O–H groups in total. The minimum Gasteiger partial charge on any atom is -0.388 e. The summed E-state index contributed by atoms with van der Waals surface area (Å²) in [6, 6.07) is 0. The van der Waals surface area contributed by atoms with Crippen molar-refractivity contribution in [3.63, 3.8) is 0 Å². The van der Waals surface area contributed by atoms with E-state index in [9.17, 15) is 14.6 Å². The fraction of sp³-hybridized carbons (Fsp3) is 0.231. The third-order valence-corrected chi connectivity index (χ3v) is 3.49. The molecule has 0 fully saturated rings. The Hall–Kier alpha value is -1.15. The van der Waals surface area contributed by atoms with E-state index in [0.29, 0.717) is 10.9 Å². The van der Waals surface area contributed by atoms with Crippen molar-refractivity contribution in [1.82, 2.24) is 0 Å². The minimum atomic E-state index is -2.82. The van der Waals surface area contributed by atoms with Crippen LogP contribution < -0.4 is 0 Å². The summed E-state index contributed by atoms with van der Waals surface area (Å²) < 4.78 is 11.3. The largest absolute Gasteiger partial charge is 0.388 e. The molecule has 3 nitrogen and oxygen atoms in total. The molecule has 0 aromatic rings. The van der Waals surface area contributed by atoms with Crippen LogP contribution in [-0.4, -0.2) is 16.1 Å². The van der Waals surface area contributed by atoms with Gasteiger partial charge >= 0.3 is 0 Å². The molecule has 17 heavy (non-hydrogen) atoms. The Morgan fingerprint density at radius 2 is 2.06 bits per heavy atom. The number of allylic oxidation sites excluding steroid dienone is 6. The monoisotopic (exact) mass is 252 g/mol. The molecule has 0 bridgehead atoms. The van der Waals surface area contributed by atoms with Gasteiger partial charge in [0.15, 0.2) is 0 Å². The van der Waals surface area contributed by atoms with E-state index in [1.165, 1.54) is 0 Å². The van der Waals surface area contributed by atoms with E-state index in [1.54, 1.807) is 42.5 Å². The fourth-order valence-electron chi connectivity index (χ4n) is 1.61. The molecule has 0 aromatic heterocycles. The molecule has 1 aliphatic rings. The average Bonchev–Trinajstić information content (AvgIpc) is 2.29. The Bertz CT molecular complexity index is 430. The normalized spacial score (nSPS) is 26.4. The highest BCUT2D eigenvalue weighted by molar-refractivity contribution is 7.43. The zero-order chi connectivity index (χ0) is 12.8. The Balaban J connectivity index is 2.97. The summed E-state index contributed by atoms with van der Waals surface area (Å²) in [6.45, 7) is 5.64. The SMILES string of the molecule is C=C(/C(=C\C=C/C)[PH](=O)O)C1C=CC=CC1O. The maximum absolute atomic E-state index is 11.3. The standard InChI is InChI=1S/C13H17O3P/c1-3-4-9-13(17(15)16)10(2)11-7-5-6-8-12(11)14/h3-9,11-12,14,17H,2H2,1H3,(H,15,16)/b4-3-,13-9+. The van der Waals surface area contributed by atoms with Crippen molar-refractivity contribution in [3.05, 3.63) is 60.0 Å². The summed E-state index contributed by atoms with van der Waals surface area (Å²) in [7, 11) is -2.82. The Kier molecular flexibility index (Phi) is 5.36. The van der Waals surface area contributed by atoms with Crippen molar-refractivity contribution < 1.29 is 14.6 Å². The van der Waals surface area contributed by atoms with E-state index in [4.69, 9.17) is 0 Å². The Morgan fingerprint density at radius 1 is 1.41 bits per heavy atom. The maximum atomic E-state index is 11.3. The highest BCUT2D eigenvalue weighted by Crippen LogP contribution is 2.38. The van der Waals surface area contributed by atoms with Gasteiger partial charge in [0.25, 0.3) is 0 Å². The third-order valence-electron chi connectivity index (χ3n) is 2.54. The van der Waals surface area contributed by atoms with Crippen LogP contribution in [-0.2, 0) is 4.57 Å². The van der Waals surface area contributed by atoms with Crippen LogP contribution in [0.3, 0.4) is 0 Å². The van der Waals surface area contributed by atoms with Gasteiger partial charge in [-0.25, -0.2) is 0 Å². The molecule has 1 aliphatic carbocycles. The van der Waals surface area contributed by atoms with Crippen LogP contribution in [0.25, 0.3) is 0 Å². The second kappa shape index (κ2) is 6.55. The van der Waals surface area contributed by atoms with Crippen molar-refractivity contribution in [2.24, 2.45) is 5.92 Å². The van der Waals surface area contributed by atoms with Crippen LogP contribution in [0.2, 0.25) is 0 Å². The molecule has 0 radical (unpaired) electrons. The van der Waals surface area contributed by atoms with Crippen molar-refractivity contribution in [2.45, 2.75) is 13.0 Å². The number of aliphatic hydroxyl groups excluding tert-OH is 1. The smallest absolute Gasteiger partial charge is 0.218 e. The first-order valence-corrected chi connectivity index (χ1v) is 6.72. The molecule has 0 spiro atoms. The van der Waals surface area contributed by atoms with E-state index in [1.807, 2.05) is 6.92 Å². The van der Waals surface area contributed by atoms with Gasteiger partial charge in [0.2, 0.25) is 8.03 Å². The van der Waals surface area contributed by atoms with Gasteiger partial charge in [0.1, 0.15) is 0 Å². The van der Waals surface area contributed by atoms with Crippen LogP contribution in [0.4, 0.5) is 0 Å². The first kappa shape index (κ1) is 13.9. The second-order valence-electron chi connectivity index (χ2n) is 3.72. The summed E-state index contributed by atoms with van der Waals surface area (Å²) in [5.41, 5.74) is 0.489. The first-order chi connectivity index (χ1) is 8.07. The summed E-state index contributed by atoms with van der Waals surface area (Å²) in [6.07, 6.45) is 11.3. The molecule has 1 rings (SSSR count). The molecule has 0 amide bonds. The number of hydrogen-bond donors (Lipinski definition) is 2. The van der Waals surface area contributed by atoms with E-state index in [2.05, 4.69) is 6.58 Å². The van der Waals surface area contributed by atoms with E-state index < -0.39 is 14.1 Å². The third kappa shape index (κ3) is 3.67. The van der Waals surface area contributed by atoms with Crippen LogP contribution in [0.5, 0.6) is 0 Å². The topological polar surface area (TPSA) is 57.5 Å². The molecule has 3 atom stereocenters. The molecule has 0 aliphatic heterocycles. The lowest BCUT2D eigenvalue weighted by molar-refractivity contribution is 0.192. The highest BCUT2D eigenvalue weighted by Gasteiger charge is 2.22. The zero-order valence-corrected chi connectivity index (χ0v) is 10.7. The molecule has 0 aromatic carbocycles. The molecular weight excluding hydrogens is 235 g/mol. The number of aliphatic hydroxyl groups is 1. The minimum absolute atomic E-state index is 0.303. The fourth-order valence-corrected chi connectivity index (χ4v) is 2.29. The Morgan fingerprint density at radius 3 is 2.59 bits per heavy atom. The average molecular weight is 252 g/mol. The lowest BCUT2D eigenvalue weighted by Gasteiger charge is -2.22. The van der Waals surface area contributed by atoms with E-state index >= 15 is 0 Å². The van der Waals surface area contributed by atoms with Gasteiger partial charge in [-0.1, -0.05) is 43.0 Å². The molecule has 3 unspecified atom stereocenters. The number of rotatable bonds is 4. The summed E-state index contributed by atoms with van der Waals surface area (Å²) in [4.78, 5) is 9.29. The van der Waals surface area contributed by atoms with E-state index in [-0.39, 0.29) is 5.92 Å². The van der Waals surface area contributed by atoms with Crippen molar-refractivity contribution in [2.75, 3.05) is 0 Å². The van der Waals surface area contributed by atoms with Crippen LogP contribution >= 0.6 is 8.03 Å². The summed E-state index contributed by atoms with van der Waals surface area (Å²) >= 11 is 0. The van der Waals surface area contributed by atoms with Gasteiger partial charge in [0, 0.05) is 11.2 Å². The van der Waals surface area contributed by atoms with Gasteiger partial charge in [-0.2, -0.15) is 0 Å². The molecular formula is C13H17O3P. The quantitative estimate of drug-likeness (QED) is 0.597. The van der Waals surface area contributed by atoms with Crippen LogP contribution in [0, 0.1) is 5.92 Å². The Labute approximate surface area is 102 Å². The lowest BCUT2D eigenvalue weighted by atomic mass is 9.90. The maximum Gasteiger partial charge on any atom is 0.218 e. The zero-order valence-electron chi connectivity index (χ0n) is 9.71. The second-order valence-corrected chi connectivity index (χ2v) is 4.87. The van der Waals surface area contributed by atoms with Gasteiger partial charge in [0.05, 0.1) is 6.10 Å². The van der Waals surface area contributed by atoms with Gasteiger partial charge < -0.3 is 10.00 Å². The summed E-state index contributed by atoms with van der Waals surface area (Å²) in [5.74, 6) is -0.336. The molecule has 92 valence electrons. The lowest BCUT2D eigenvalue weighted by Crippen LogP contribution is -2.20. The van der Waals surface area contributed by atoms with Crippen LogP contribution in [0.1, 0.15) is 6.92 Å². The van der Waals surface area contributed by atoms with Crippen molar-refractivity contribution >= 4 is 8.03 Å². The number of hydrogen-bond acceptors (Lipinski definition) is 2. The molecule has 0 saturated heterocycles. The molecule has 4 heteroatoms. The molecule has 0 heterocycles. The summed E-state index contributed by atoms with van der Waals surface area (Å²) in [5, 5.41) is 10.1. The molecule has 0 saturated carbocycles. The first-order valence-electron chi connectivity index (χ1n) is 5.36.